The second-order valence-corrected chi connectivity index (χ2v) is 8.67. The molecule has 0 aliphatic carbocycles. The molecule has 2 amide bonds. The molecule has 3 rings (SSSR count). The van der Waals surface area contributed by atoms with E-state index in [1.165, 1.54) is 0 Å². The van der Waals surface area contributed by atoms with Crippen LogP contribution < -0.4 is 19.5 Å². The maximum atomic E-state index is 12.8. The van der Waals surface area contributed by atoms with E-state index in [-0.39, 0.29) is 17.9 Å². The van der Waals surface area contributed by atoms with Crippen molar-refractivity contribution >= 4 is 11.8 Å². The largest absolute Gasteiger partial charge is 0.493 e. The van der Waals surface area contributed by atoms with Crippen LogP contribution in [-0.4, -0.2) is 75.2 Å². The summed E-state index contributed by atoms with van der Waals surface area (Å²) >= 11 is 0. The van der Waals surface area contributed by atoms with Gasteiger partial charge < -0.3 is 24.4 Å². The summed E-state index contributed by atoms with van der Waals surface area (Å²) in [5.74, 6) is 1.68. The highest BCUT2D eigenvalue weighted by atomic mass is 16.5. The van der Waals surface area contributed by atoms with Crippen molar-refractivity contribution in [1.82, 2.24) is 15.1 Å². The first-order valence-electron chi connectivity index (χ1n) is 12.1. The van der Waals surface area contributed by atoms with Crippen LogP contribution in [0.15, 0.2) is 42.5 Å². The molecule has 0 saturated carbocycles. The van der Waals surface area contributed by atoms with Gasteiger partial charge >= 0.3 is 0 Å². The van der Waals surface area contributed by atoms with E-state index in [0.717, 1.165) is 36.9 Å². The van der Waals surface area contributed by atoms with Crippen LogP contribution in [0.25, 0.3) is 0 Å². The van der Waals surface area contributed by atoms with Gasteiger partial charge in [0.25, 0.3) is 5.91 Å². The van der Waals surface area contributed by atoms with E-state index in [0.29, 0.717) is 43.4 Å². The minimum absolute atomic E-state index is 0.0324. The van der Waals surface area contributed by atoms with Crippen LogP contribution in [0.2, 0.25) is 0 Å². The van der Waals surface area contributed by atoms with Gasteiger partial charge in [-0.05, 0) is 55.6 Å². The lowest BCUT2D eigenvalue weighted by Gasteiger charge is -2.38. The monoisotopic (exact) mass is 483 g/mol. The zero-order valence-corrected chi connectivity index (χ0v) is 21.2. The third kappa shape index (κ3) is 6.88. The molecule has 2 aromatic carbocycles. The zero-order valence-electron chi connectivity index (χ0n) is 21.2. The molecule has 190 valence electrons. The number of piperidine rings is 1. The van der Waals surface area contributed by atoms with Gasteiger partial charge in [0, 0.05) is 31.2 Å². The summed E-state index contributed by atoms with van der Waals surface area (Å²) in [6.45, 7) is 5.05. The summed E-state index contributed by atoms with van der Waals surface area (Å²) in [6, 6.07) is 13.4. The van der Waals surface area contributed by atoms with Gasteiger partial charge in [-0.15, -0.1) is 0 Å². The summed E-state index contributed by atoms with van der Waals surface area (Å²) in [5.41, 5.74) is 1.59. The second kappa shape index (κ2) is 13.0. The van der Waals surface area contributed by atoms with E-state index in [1.54, 1.807) is 21.3 Å². The molecule has 1 saturated heterocycles. The van der Waals surface area contributed by atoms with Crippen molar-refractivity contribution in [2.24, 2.45) is 0 Å². The molecule has 1 aliphatic rings. The Morgan fingerprint density at radius 2 is 1.63 bits per heavy atom. The molecule has 0 bridgehead atoms. The second-order valence-electron chi connectivity index (χ2n) is 8.67. The number of nitrogens with one attached hydrogen (secondary N) is 1. The molecule has 1 N–H and O–H groups in total. The van der Waals surface area contributed by atoms with Crippen LogP contribution >= 0.6 is 0 Å². The Kier molecular flexibility index (Phi) is 9.78. The Balaban J connectivity index is 1.55. The number of amides is 2. The maximum Gasteiger partial charge on any atom is 0.253 e. The van der Waals surface area contributed by atoms with Crippen molar-refractivity contribution in [1.29, 1.82) is 0 Å². The number of rotatable bonds is 11. The highest BCUT2D eigenvalue weighted by Crippen LogP contribution is 2.38. The molecule has 8 nitrogen and oxygen atoms in total. The predicted molar refractivity (Wildman–Crippen MR) is 135 cm³/mol. The Hall–Kier alpha value is -3.26. The lowest BCUT2D eigenvalue weighted by atomic mass is 10.0. The molecular formula is C27H37N3O5. The van der Waals surface area contributed by atoms with Gasteiger partial charge in [-0.2, -0.15) is 0 Å². The number of likely N-dealkylation sites (tertiary alicyclic amines) is 1. The van der Waals surface area contributed by atoms with Gasteiger partial charge in [0.15, 0.2) is 11.5 Å². The normalized spacial score (nSPS) is 14.0. The lowest BCUT2D eigenvalue weighted by molar-refractivity contribution is -0.123. The fraction of sp³-hybridized carbons (Fsp3) is 0.481. The first kappa shape index (κ1) is 26.3. The van der Waals surface area contributed by atoms with Crippen LogP contribution in [0.5, 0.6) is 17.2 Å². The Bertz CT molecular complexity index is 949. The number of methoxy groups -OCH3 is 3. The standard InChI is InChI=1S/C27H37N3O5/c1-5-13-30(22-11-14-29(15-12-22)27(32)21-9-7-6-8-10-21)19-25(31)28-18-20-16-23(33-2)26(35-4)24(17-20)34-3/h6-10,16-17,22H,5,11-15,18-19H2,1-4H3,(H,28,31). The fourth-order valence-corrected chi connectivity index (χ4v) is 4.55. The maximum absolute atomic E-state index is 12.8. The minimum atomic E-state index is -0.0324. The topological polar surface area (TPSA) is 80.3 Å². The zero-order chi connectivity index (χ0) is 25.2. The molecule has 35 heavy (non-hydrogen) atoms. The Morgan fingerprint density at radius 3 is 2.17 bits per heavy atom. The minimum Gasteiger partial charge on any atom is -0.493 e. The Morgan fingerprint density at radius 1 is 1.00 bits per heavy atom. The number of ether oxygens (including phenoxy) is 3. The van der Waals surface area contributed by atoms with Crippen molar-refractivity contribution < 1.29 is 23.8 Å². The Labute approximate surface area is 208 Å². The van der Waals surface area contributed by atoms with E-state index < -0.39 is 0 Å². The van der Waals surface area contributed by atoms with Crippen LogP contribution in [0.3, 0.4) is 0 Å². The molecule has 0 aromatic heterocycles. The molecule has 1 fully saturated rings. The average Bonchev–Trinajstić information content (AvgIpc) is 2.91. The van der Waals surface area contributed by atoms with Gasteiger partial charge in [0.1, 0.15) is 0 Å². The summed E-state index contributed by atoms with van der Waals surface area (Å²) in [6.07, 6.45) is 2.68. The van der Waals surface area contributed by atoms with Crippen LogP contribution in [0.4, 0.5) is 0 Å². The third-order valence-corrected chi connectivity index (χ3v) is 6.36. The first-order valence-corrected chi connectivity index (χ1v) is 12.1. The van der Waals surface area contributed by atoms with Crippen LogP contribution in [0, 0.1) is 0 Å². The van der Waals surface area contributed by atoms with E-state index in [2.05, 4.69) is 17.1 Å². The number of carbonyl (C=O) groups is 2. The molecule has 0 atom stereocenters. The third-order valence-electron chi connectivity index (χ3n) is 6.36. The number of carbonyl (C=O) groups excluding carboxylic acids is 2. The average molecular weight is 484 g/mol. The fourth-order valence-electron chi connectivity index (χ4n) is 4.55. The van der Waals surface area contributed by atoms with Crippen molar-refractivity contribution in [3.8, 4) is 17.2 Å². The van der Waals surface area contributed by atoms with E-state index >= 15 is 0 Å². The van der Waals surface area contributed by atoms with E-state index in [4.69, 9.17) is 14.2 Å². The van der Waals surface area contributed by atoms with Crippen LogP contribution in [-0.2, 0) is 11.3 Å². The number of hydrogen-bond donors (Lipinski definition) is 1. The number of nitrogens with zero attached hydrogens (tertiary/aromatic N) is 2. The molecule has 8 heteroatoms. The van der Waals surface area contributed by atoms with Crippen molar-refractivity contribution in [3.05, 3.63) is 53.6 Å². The molecule has 0 unspecified atom stereocenters. The SMILES string of the molecule is CCCN(CC(=O)NCc1cc(OC)c(OC)c(OC)c1)C1CCN(C(=O)c2ccccc2)CC1. The molecule has 1 aliphatic heterocycles. The van der Waals surface area contributed by atoms with Gasteiger partial charge in [-0.1, -0.05) is 25.1 Å². The van der Waals surface area contributed by atoms with Gasteiger partial charge in [-0.3, -0.25) is 14.5 Å². The summed E-state index contributed by atoms with van der Waals surface area (Å²) in [4.78, 5) is 29.7. The van der Waals surface area contributed by atoms with Gasteiger partial charge in [0.2, 0.25) is 11.7 Å². The van der Waals surface area contributed by atoms with Gasteiger partial charge in [0.05, 0.1) is 27.9 Å². The lowest BCUT2D eigenvalue weighted by Crippen LogP contribution is -2.49. The molecule has 0 radical (unpaired) electrons. The van der Waals surface area contributed by atoms with Gasteiger partial charge in [-0.25, -0.2) is 0 Å². The highest BCUT2D eigenvalue weighted by molar-refractivity contribution is 5.94. The highest BCUT2D eigenvalue weighted by Gasteiger charge is 2.28. The number of benzene rings is 2. The van der Waals surface area contributed by atoms with E-state index in [1.807, 2.05) is 47.4 Å². The molecule has 0 spiro atoms. The molecule has 1 heterocycles. The van der Waals surface area contributed by atoms with Crippen molar-refractivity contribution in [2.75, 3.05) is 47.5 Å². The van der Waals surface area contributed by atoms with Crippen molar-refractivity contribution in [2.45, 2.75) is 38.8 Å². The number of hydrogen-bond acceptors (Lipinski definition) is 6. The summed E-state index contributed by atoms with van der Waals surface area (Å²) in [7, 11) is 4.70. The quantitative estimate of drug-likeness (QED) is 0.528. The molecule has 2 aromatic rings. The van der Waals surface area contributed by atoms with E-state index in [9.17, 15) is 9.59 Å². The molecular weight excluding hydrogens is 446 g/mol. The predicted octanol–water partition coefficient (Wildman–Crippen LogP) is 3.35. The summed E-state index contributed by atoms with van der Waals surface area (Å²) < 4.78 is 16.2. The smallest absolute Gasteiger partial charge is 0.253 e. The summed E-state index contributed by atoms with van der Waals surface area (Å²) in [5, 5.41) is 3.02. The van der Waals surface area contributed by atoms with Crippen LogP contribution in [0.1, 0.15) is 42.1 Å². The van der Waals surface area contributed by atoms with Crippen molar-refractivity contribution in [3.63, 3.8) is 0 Å². The first-order chi connectivity index (χ1) is 17.0.